The Kier molecular flexibility index (Phi) is 2.19. The minimum absolute atomic E-state index is 0.254. The van der Waals surface area contributed by atoms with E-state index < -0.39 is 0 Å². The Morgan fingerprint density at radius 3 is 2.82 bits per heavy atom. The van der Waals surface area contributed by atoms with Crippen LogP contribution in [-0.2, 0) is 5.54 Å². The number of nitrogens with zero attached hydrogens (tertiary/aromatic N) is 1. The number of benzene rings is 1. The molecule has 4 nitrogen and oxygen atoms in total. The normalized spacial score (nSPS) is 17.7. The Balaban J connectivity index is 1.95. The Bertz CT molecular complexity index is 543. The van der Waals surface area contributed by atoms with Gasteiger partial charge in [0.2, 0.25) is 0 Å². The summed E-state index contributed by atoms with van der Waals surface area (Å²) in [7, 11) is 0. The lowest BCUT2D eigenvalue weighted by Gasteiger charge is -2.35. The van der Waals surface area contributed by atoms with E-state index in [1.807, 2.05) is 12.1 Å². The smallest absolute Gasteiger partial charge is 0.126 e. The van der Waals surface area contributed by atoms with E-state index in [0.29, 0.717) is 0 Å². The summed E-state index contributed by atoms with van der Waals surface area (Å²) in [5.41, 5.74) is 7.75. The molecule has 4 heteroatoms. The fraction of sp³-hybridized carbons (Fsp3) is 0.308. The highest BCUT2D eigenvalue weighted by Crippen LogP contribution is 2.37. The average molecular weight is 229 g/mol. The monoisotopic (exact) mass is 229 g/mol. The Labute approximate surface area is 99.5 Å². The first kappa shape index (κ1) is 10.4. The van der Waals surface area contributed by atoms with E-state index in [9.17, 15) is 5.11 Å². The summed E-state index contributed by atoms with van der Waals surface area (Å²) in [4.78, 5) is 7.61. The van der Waals surface area contributed by atoms with E-state index >= 15 is 0 Å². The predicted octanol–water partition coefficient (Wildman–Crippen LogP) is 2.12. The molecule has 0 spiro atoms. The number of hydrogen-bond donors (Lipinski definition) is 3. The Hall–Kier alpha value is -1.81. The van der Waals surface area contributed by atoms with Crippen LogP contribution >= 0.6 is 0 Å². The number of nitrogens with one attached hydrogen (secondary N) is 1. The highest BCUT2D eigenvalue weighted by atomic mass is 16.3. The van der Waals surface area contributed by atoms with Crippen molar-refractivity contribution in [1.82, 2.24) is 9.97 Å². The van der Waals surface area contributed by atoms with E-state index in [1.54, 1.807) is 18.3 Å². The van der Waals surface area contributed by atoms with Crippen LogP contribution in [0.15, 0.2) is 30.5 Å². The summed E-state index contributed by atoms with van der Waals surface area (Å²) in [6.07, 6.45) is 4.91. The molecule has 1 aliphatic carbocycles. The van der Waals surface area contributed by atoms with Crippen LogP contribution in [0.4, 0.5) is 0 Å². The first-order valence-corrected chi connectivity index (χ1v) is 5.81. The summed E-state index contributed by atoms with van der Waals surface area (Å²) in [6, 6.07) is 7.10. The Morgan fingerprint density at radius 1 is 1.35 bits per heavy atom. The molecule has 0 radical (unpaired) electrons. The minimum Gasteiger partial charge on any atom is -0.508 e. The minimum atomic E-state index is -0.269. The van der Waals surface area contributed by atoms with Gasteiger partial charge in [-0.15, -0.1) is 0 Å². The van der Waals surface area contributed by atoms with Crippen LogP contribution < -0.4 is 5.73 Å². The molecule has 0 saturated heterocycles. The van der Waals surface area contributed by atoms with E-state index in [4.69, 9.17) is 5.73 Å². The van der Waals surface area contributed by atoms with Gasteiger partial charge in [0.05, 0.1) is 17.4 Å². The van der Waals surface area contributed by atoms with Crippen LogP contribution in [0.25, 0.3) is 11.3 Å². The zero-order chi connectivity index (χ0) is 11.9. The molecular weight excluding hydrogens is 214 g/mol. The molecule has 0 aliphatic heterocycles. The molecule has 17 heavy (non-hydrogen) atoms. The van der Waals surface area contributed by atoms with Crippen molar-refractivity contribution in [2.75, 3.05) is 0 Å². The molecule has 0 amide bonds. The molecule has 0 bridgehead atoms. The number of rotatable bonds is 2. The van der Waals surface area contributed by atoms with Gasteiger partial charge in [0.15, 0.2) is 0 Å². The van der Waals surface area contributed by atoms with Gasteiger partial charge in [-0.2, -0.15) is 0 Å². The van der Waals surface area contributed by atoms with Crippen molar-refractivity contribution in [3.05, 3.63) is 36.3 Å². The molecule has 1 aliphatic rings. The number of hydrogen-bond acceptors (Lipinski definition) is 3. The van der Waals surface area contributed by atoms with E-state index in [0.717, 1.165) is 29.9 Å². The van der Waals surface area contributed by atoms with Crippen molar-refractivity contribution in [3.8, 4) is 17.0 Å². The number of phenolic OH excluding ortho intramolecular Hbond substituents is 1. The third-order valence-electron chi connectivity index (χ3n) is 3.45. The largest absolute Gasteiger partial charge is 0.508 e. The SMILES string of the molecule is NC1(c2ncc(-c3cccc(O)c3)[nH]2)CCC1. The summed E-state index contributed by atoms with van der Waals surface area (Å²) < 4.78 is 0. The second-order valence-corrected chi connectivity index (χ2v) is 4.71. The van der Waals surface area contributed by atoms with Crippen molar-refractivity contribution in [2.45, 2.75) is 24.8 Å². The molecule has 1 heterocycles. The van der Waals surface area contributed by atoms with Crippen molar-refractivity contribution in [3.63, 3.8) is 0 Å². The van der Waals surface area contributed by atoms with Gasteiger partial charge in [0.1, 0.15) is 11.6 Å². The summed E-state index contributed by atoms with van der Waals surface area (Å²) >= 11 is 0. The van der Waals surface area contributed by atoms with Crippen molar-refractivity contribution in [1.29, 1.82) is 0 Å². The maximum Gasteiger partial charge on any atom is 0.126 e. The van der Waals surface area contributed by atoms with Gasteiger partial charge < -0.3 is 15.8 Å². The number of nitrogens with two attached hydrogens (primary N) is 1. The lowest BCUT2D eigenvalue weighted by Crippen LogP contribution is -2.44. The van der Waals surface area contributed by atoms with Gasteiger partial charge >= 0.3 is 0 Å². The van der Waals surface area contributed by atoms with Gasteiger partial charge in [0.25, 0.3) is 0 Å². The average Bonchev–Trinajstić information content (AvgIpc) is 2.75. The molecule has 4 N–H and O–H groups in total. The predicted molar refractivity (Wildman–Crippen MR) is 65.4 cm³/mol. The van der Waals surface area contributed by atoms with Crippen LogP contribution in [0, 0.1) is 0 Å². The zero-order valence-electron chi connectivity index (χ0n) is 9.48. The number of phenols is 1. The maximum absolute atomic E-state index is 9.44. The molecule has 1 fully saturated rings. The molecule has 0 atom stereocenters. The fourth-order valence-corrected chi connectivity index (χ4v) is 2.19. The number of imidazole rings is 1. The molecule has 2 aromatic rings. The third kappa shape index (κ3) is 1.70. The first-order valence-electron chi connectivity index (χ1n) is 5.81. The summed E-state index contributed by atoms with van der Waals surface area (Å²) in [6.45, 7) is 0. The van der Waals surface area contributed by atoms with Crippen molar-refractivity contribution >= 4 is 0 Å². The number of H-pyrrole nitrogens is 1. The third-order valence-corrected chi connectivity index (χ3v) is 3.45. The topological polar surface area (TPSA) is 74.9 Å². The van der Waals surface area contributed by atoms with Crippen LogP contribution in [-0.4, -0.2) is 15.1 Å². The van der Waals surface area contributed by atoms with Gasteiger partial charge in [-0.05, 0) is 31.4 Å². The summed E-state index contributed by atoms with van der Waals surface area (Å²) in [5, 5.41) is 9.44. The second-order valence-electron chi connectivity index (χ2n) is 4.71. The van der Waals surface area contributed by atoms with Gasteiger partial charge in [-0.25, -0.2) is 4.98 Å². The zero-order valence-corrected chi connectivity index (χ0v) is 9.48. The highest BCUT2D eigenvalue weighted by Gasteiger charge is 2.37. The standard InChI is InChI=1S/C13H15N3O/c14-13(5-2-6-13)12-15-8-11(16-12)9-3-1-4-10(17)7-9/h1,3-4,7-8,17H,2,5-6,14H2,(H,15,16). The molecule has 1 aromatic carbocycles. The van der Waals surface area contributed by atoms with Crippen LogP contribution in [0.3, 0.4) is 0 Å². The van der Waals surface area contributed by atoms with E-state index in [2.05, 4.69) is 9.97 Å². The first-order chi connectivity index (χ1) is 8.17. The maximum atomic E-state index is 9.44. The lowest BCUT2D eigenvalue weighted by molar-refractivity contribution is 0.240. The van der Waals surface area contributed by atoms with Crippen LogP contribution in [0.1, 0.15) is 25.1 Å². The molecule has 3 rings (SSSR count). The molecule has 0 unspecified atom stereocenters. The summed E-state index contributed by atoms with van der Waals surface area (Å²) in [5.74, 6) is 1.10. The van der Waals surface area contributed by atoms with Crippen LogP contribution in [0.2, 0.25) is 0 Å². The van der Waals surface area contributed by atoms with Crippen molar-refractivity contribution in [2.24, 2.45) is 5.73 Å². The molecule has 1 aromatic heterocycles. The van der Waals surface area contributed by atoms with Crippen molar-refractivity contribution < 1.29 is 5.11 Å². The van der Waals surface area contributed by atoms with Gasteiger partial charge in [-0.1, -0.05) is 12.1 Å². The second kappa shape index (κ2) is 3.60. The van der Waals surface area contributed by atoms with Gasteiger partial charge in [-0.3, -0.25) is 0 Å². The Morgan fingerprint density at radius 2 is 2.18 bits per heavy atom. The fourth-order valence-electron chi connectivity index (χ4n) is 2.19. The molecule has 88 valence electrons. The number of aromatic amines is 1. The number of aromatic hydroxyl groups is 1. The van der Waals surface area contributed by atoms with E-state index in [1.165, 1.54) is 6.42 Å². The van der Waals surface area contributed by atoms with Crippen LogP contribution in [0.5, 0.6) is 5.75 Å². The molecule has 1 saturated carbocycles. The van der Waals surface area contributed by atoms with E-state index in [-0.39, 0.29) is 11.3 Å². The van der Waals surface area contributed by atoms with Gasteiger partial charge in [0, 0.05) is 5.56 Å². The number of aromatic nitrogens is 2. The quantitative estimate of drug-likeness (QED) is 0.738. The molecular formula is C13H15N3O. The lowest BCUT2D eigenvalue weighted by atomic mass is 9.77. The highest BCUT2D eigenvalue weighted by molar-refractivity contribution is 5.60.